The Kier molecular flexibility index (Phi) is 6.29. The summed E-state index contributed by atoms with van der Waals surface area (Å²) in [7, 11) is 1.94. The molecule has 8 heteroatoms. The molecule has 1 unspecified atom stereocenters. The lowest BCUT2D eigenvalue weighted by atomic mass is 9.95. The number of hydrogen-bond donors (Lipinski definition) is 2. The van der Waals surface area contributed by atoms with Crippen molar-refractivity contribution in [3.63, 3.8) is 0 Å². The van der Waals surface area contributed by atoms with Gasteiger partial charge in [-0.05, 0) is 31.7 Å². The van der Waals surface area contributed by atoms with Crippen LogP contribution in [0.15, 0.2) is 65.9 Å². The van der Waals surface area contributed by atoms with Crippen molar-refractivity contribution in [3.05, 3.63) is 76.4 Å². The number of fused-ring (bicyclic) bond motifs is 1. The highest BCUT2D eigenvalue weighted by atomic mass is 32.1. The Morgan fingerprint density at radius 3 is 2.61 bits per heavy atom. The number of para-hydroxylation sites is 1. The van der Waals surface area contributed by atoms with E-state index in [2.05, 4.69) is 21.7 Å². The molecule has 31 heavy (non-hydrogen) atoms. The van der Waals surface area contributed by atoms with Crippen LogP contribution in [0.5, 0.6) is 0 Å². The number of nitrogens with zero attached hydrogens (tertiary/aromatic N) is 2. The smallest absolute Gasteiger partial charge is 0.338 e. The predicted molar refractivity (Wildman–Crippen MR) is 120 cm³/mol. The number of nitrogens with one attached hydrogen (secondary N) is 2. The molecule has 1 atom stereocenters. The zero-order valence-electron chi connectivity index (χ0n) is 17.4. The minimum Gasteiger partial charge on any atom is -0.463 e. The molecule has 7 nitrogen and oxygen atoms in total. The van der Waals surface area contributed by atoms with Crippen LogP contribution in [0.1, 0.15) is 23.5 Å². The number of ether oxygens (including phenoxy) is 1. The number of carbonyl (C=O) groups excluding carboxylic acids is 2. The first kappa shape index (κ1) is 21.0. The van der Waals surface area contributed by atoms with E-state index in [1.165, 1.54) is 0 Å². The number of hydrogen-bond acceptors (Lipinski definition) is 6. The van der Waals surface area contributed by atoms with Gasteiger partial charge in [-0.2, -0.15) is 0 Å². The van der Waals surface area contributed by atoms with E-state index in [4.69, 9.17) is 4.74 Å². The van der Waals surface area contributed by atoms with E-state index in [1.807, 2.05) is 60.5 Å². The summed E-state index contributed by atoms with van der Waals surface area (Å²) in [5.74, 6) is -0.438. The Balaban J connectivity index is 1.62. The second kappa shape index (κ2) is 9.28. The molecule has 0 radical (unpaired) electrons. The summed E-state index contributed by atoms with van der Waals surface area (Å²) in [6.45, 7) is 3.00. The standard InChI is InChI=1S/C23H24N4O3S/c1-3-30-22(28)20-17(25-23(29)26-21(20)15-9-5-4-6-10-15)13-27(2)14-19-24-16-11-7-8-12-18(16)31-19/h4-12,21H,3,13-14H2,1-2H3,(H2,25,26,29). The Bertz CT molecular complexity index is 1090. The fourth-order valence-electron chi connectivity index (χ4n) is 3.63. The van der Waals surface area contributed by atoms with Gasteiger partial charge >= 0.3 is 12.0 Å². The fourth-order valence-corrected chi connectivity index (χ4v) is 4.68. The topological polar surface area (TPSA) is 83.6 Å². The van der Waals surface area contributed by atoms with E-state index in [-0.39, 0.29) is 12.6 Å². The molecular weight excluding hydrogens is 412 g/mol. The van der Waals surface area contributed by atoms with Gasteiger partial charge in [0.1, 0.15) is 5.01 Å². The third kappa shape index (κ3) is 4.76. The number of urea groups is 1. The summed E-state index contributed by atoms with van der Waals surface area (Å²) in [5, 5.41) is 6.65. The lowest BCUT2D eigenvalue weighted by Crippen LogP contribution is -2.48. The molecule has 1 aliphatic rings. The second-order valence-electron chi connectivity index (χ2n) is 7.30. The zero-order valence-corrected chi connectivity index (χ0v) is 18.2. The van der Waals surface area contributed by atoms with E-state index >= 15 is 0 Å². The van der Waals surface area contributed by atoms with Gasteiger partial charge in [-0.1, -0.05) is 42.5 Å². The Labute approximate surface area is 184 Å². The number of thiazole rings is 1. The van der Waals surface area contributed by atoms with Crippen LogP contribution in [0.3, 0.4) is 0 Å². The van der Waals surface area contributed by atoms with Crippen LogP contribution in [0.2, 0.25) is 0 Å². The first-order valence-corrected chi connectivity index (χ1v) is 10.9. The largest absolute Gasteiger partial charge is 0.463 e. The van der Waals surface area contributed by atoms with Gasteiger partial charge in [0.15, 0.2) is 0 Å². The minimum atomic E-state index is -0.570. The number of rotatable bonds is 7. The van der Waals surface area contributed by atoms with Crippen LogP contribution in [-0.4, -0.2) is 42.1 Å². The van der Waals surface area contributed by atoms with Crippen LogP contribution < -0.4 is 10.6 Å². The number of aromatic nitrogens is 1. The Hall–Kier alpha value is -3.23. The summed E-state index contributed by atoms with van der Waals surface area (Å²) in [4.78, 5) is 32.0. The highest BCUT2D eigenvalue weighted by molar-refractivity contribution is 7.18. The molecular formula is C23H24N4O3S. The number of amides is 2. The molecule has 2 N–H and O–H groups in total. The quantitative estimate of drug-likeness (QED) is 0.553. The third-order valence-electron chi connectivity index (χ3n) is 4.95. The SMILES string of the molecule is CCOC(=O)C1=C(CN(C)Cc2nc3ccccc3s2)NC(=O)NC1c1ccccc1. The van der Waals surface area contributed by atoms with Crippen molar-refractivity contribution < 1.29 is 14.3 Å². The Morgan fingerprint density at radius 1 is 1.13 bits per heavy atom. The molecule has 0 saturated carbocycles. The summed E-state index contributed by atoms with van der Waals surface area (Å²) >= 11 is 1.64. The van der Waals surface area contributed by atoms with Crippen LogP contribution in [0, 0.1) is 0 Å². The van der Waals surface area contributed by atoms with E-state index in [9.17, 15) is 9.59 Å². The molecule has 4 rings (SSSR count). The molecule has 2 aromatic carbocycles. The summed E-state index contributed by atoms with van der Waals surface area (Å²) in [6, 6.07) is 16.5. The molecule has 1 aromatic heterocycles. The van der Waals surface area contributed by atoms with Gasteiger partial charge in [0, 0.05) is 12.2 Å². The van der Waals surface area contributed by atoms with Crippen molar-refractivity contribution >= 4 is 33.6 Å². The van der Waals surface area contributed by atoms with Gasteiger partial charge in [-0.25, -0.2) is 14.6 Å². The van der Waals surface area contributed by atoms with Crippen LogP contribution >= 0.6 is 11.3 Å². The minimum absolute atomic E-state index is 0.257. The number of benzene rings is 2. The number of likely N-dealkylation sites (N-methyl/N-ethyl adjacent to an activating group) is 1. The van der Waals surface area contributed by atoms with Crippen molar-refractivity contribution in [2.24, 2.45) is 0 Å². The Morgan fingerprint density at radius 2 is 1.87 bits per heavy atom. The highest BCUT2D eigenvalue weighted by Crippen LogP contribution is 2.28. The first-order valence-electron chi connectivity index (χ1n) is 10.1. The molecule has 0 saturated heterocycles. The molecule has 1 aliphatic heterocycles. The van der Waals surface area contributed by atoms with Gasteiger partial charge < -0.3 is 15.4 Å². The van der Waals surface area contributed by atoms with Gasteiger partial charge in [0.25, 0.3) is 0 Å². The second-order valence-corrected chi connectivity index (χ2v) is 8.42. The van der Waals surface area contributed by atoms with E-state index in [1.54, 1.807) is 18.3 Å². The highest BCUT2D eigenvalue weighted by Gasteiger charge is 2.34. The van der Waals surface area contributed by atoms with E-state index < -0.39 is 12.0 Å². The summed E-state index contributed by atoms with van der Waals surface area (Å²) in [6.07, 6.45) is 0. The average molecular weight is 437 g/mol. The van der Waals surface area contributed by atoms with Crippen LogP contribution in [0.4, 0.5) is 4.79 Å². The fraction of sp³-hybridized carbons (Fsp3) is 0.261. The first-order chi connectivity index (χ1) is 15.0. The predicted octanol–water partition coefficient (Wildman–Crippen LogP) is 3.60. The molecule has 2 heterocycles. The molecule has 0 fully saturated rings. The maximum atomic E-state index is 12.9. The van der Waals surface area contributed by atoms with Gasteiger partial charge in [-0.3, -0.25) is 4.90 Å². The average Bonchev–Trinajstić information content (AvgIpc) is 3.16. The molecule has 0 aliphatic carbocycles. The van der Waals surface area contributed by atoms with E-state index in [0.29, 0.717) is 24.4 Å². The lowest BCUT2D eigenvalue weighted by Gasteiger charge is -2.31. The molecule has 3 aromatic rings. The molecule has 160 valence electrons. The summed E-state index contributed by atoms with van der Waals surface area (Å²) < 4.78 is 6.46. The molecule has 0 bridgehead atoms. The lowest BCUT2D eigenvalue weighted by molar-refractivity contribution is -0.139. The zero-order chi connectivity index (χ0) is 21.8. The van der Waals surface area contributed by atoms with Crippen molar-refractivity contribution in [2.45, 2.75) is 19.5 Å². The van der Waals surface area contributed by atoms with Crippen molar-refractivity contribution in [1.29, 1.82) is 0 Å². The summed E-state index contributed by atoms with van der Waals surface area (Å²) in [5.41, 5.74) is 2.76. The van der Waals surface area contributed by atoms with Gasteiger partial charge in [0.05, 0.1) is 35.0 Å². The molecule has 2 amide bonds. The maximum Gasteiger partial charge on any atom is 0.338 e. The van der Waals surface area contributed by atoms with Crippen LogP contribution in [0.25, 0.3) is 10.2 Å². The monoisotopic (exact) mass is 436 g/mol. The van der Waals surface area contributed by atoms with Crippen LogP contribution in [-0.2, 0) is 16.1 Å². The normalized spacial score (nSPS) is 16.4. The van der Waals surface area contributed by atoms with E-state index in [0.717, 1.165) is 20.8 Å². The van der Waals surface area contributed by atoms with Gasteiger partial charge in [0.2, 0.25) is 0 Å². The van der Waals surface area contributed by atoms with Gasteiger partial charge in [-0.15, -0.1) is 11.3 Å². The third-order valence-corrected chi connectivity index (χ3v) is 5.97. The van der Waals surface area contributed by atoms with Crippen molar-refractivity contribution in [3.8, 4) is 0 Å². The number of esters is 1. The van der Waals surface area contributed by atoms with Crippen molar-refractivity contribution in [2.75, 3.05) is 20.2 Å². The molecule has 0 spiro atoms. The number of carbonyl (C=O) groups is 2. The maximum absolute atomic E-state index is 12.9. The van der Waals surface area contributed by atoms with Crippen molar-refractivity contribution in [1.82, 2.24) is 20.5 Å².